The molecule has 4 aliphatic rings. The first-order valence-corrected chi connectivity index (χ1v) is 11.5. The Balaban J connectivity index is 1.42. The predicted molar refractivity (Wildman–Crippen MR) is 120 cm³/mol. The Morgan fingerprint density at radius 1 is 1.09 bits per heavy atom. The highest BCUT2D eigenvalue weighted by molar-refractivity contribution is 6.15. The van der Waals surface area contributed by atoms with Gasteiger partial charge < -0.3 is 19.9 Å². The summed E-state index contributed by atoms with van der Waals surface area (Å²) in [5.74, 6) is -1.83. The van der Waals surface area contributed by atoms with Gasteiger partial charge in [0.2, 0.25) is 24.5 Å². The summed E-state index contributed by atoms with van der Waals surface area (Å²) in [5, 5.41) is 16.7. The minimum atomic E-state index is -1.41. The van der Waals surface area contributed by atoms with Crippen LogP contribution in [0.1, 0.15) is 30.5 Å². The third-order valence-corrected chi connectivity index (χ3v) is 7.51. The average molecular weight is 463 g/mol. The van der Waals surface area contributed by atoms with Crippen LogP contribution in [-0.2, 0) is 32.9 Å². The summed E-state index contributed by atoms with van der Waals surface area (Å²) in [5.41, 5.74) is 1.59. The fourth-order valence-corrected chi connectivity index (χ4v) is 5.85. The molecule has 0 aliphatic carbocycles. The number of aliphatic hydroxyl groups is 1. The van der Waals surface area contributed by atoms with Crippen molar-refractivity contribution in [2.24, 2.45) is 11.8 Å². The van der Waals surface area contributed by atoms with Gasteiger partial charge in [0.25, 0.3) is 0 Å². The van der Waals surface area contributed by atoms with E-state index in [-0.39, 0.29) is 19.2 Å². The van der Waals surface area contributed by atoms with Gasteiger partial charge in [-0.05, 0) is 42.7 Å². The molecule has 2 fully saturated rings. The van der Waals surface area contributed by atoms with E-state index < -0.39 is 41.3 Å². The molecule has 4 aliphatic heterocycles. The van der Waals surface area contributed by atoms with E-state index in [2.05, 4.69) is 10.6 Å². The maximum Gasteiger partial charge on any atom is 0.250 e. The van der Waals surface area contributed by atoms with E-state index >= 15 is 0 Å². The Labute approximate surface area is 196 Å². The monoisotopic (exact) mass is 463 g/mol. The van der Waals surface area contributed by atoms with Gasteiger partial charge in [-0.15, -0.1) is 0 Å². The zero-order chi connectivity index (χ0) is 23.8. The Morgan fingerprint density at radius 2 is 1.85 bits per heavy atom. The standard InChI is InChI=1S/C25H25N3O6/c1-3-13-4-6-16-15(8-13)25(24(32)26-16)20-19(21(27-25)12(2)29)22(30)28(23(20)31)10-14-5-7-17-18(9-14)34-11-33-17/h4-9,12,19-21,27,29H,3,10-11H2,1-2H3,(H,26,32)/t12-,19+,20-,21-,25-/m1/s1. The lowest BCUT2D eigenvalue weighted by molar-refractivity contribution is -0.143. The van der Waals surface area contributed by atoms with Crippen LogP contribution in [0.5, 0.6) is 11.5 Å². The van der Waals surface area contributed by atoms with Crippen molar-refractivity contribution in [1.29, 1.82) is 0 Å². The molecule has 1 spiro atoms. The number of anilines is 1. The number of fused-ring (bicyclic) bond motifs is 5. The number of rotatable bonds is 4. The number of hydrogen-bond donors (Lipinski definition) is 3. The number of hydrogen-bond acceptors (Lipinski definition) is 7. The van der Waals surface area contributed by atoms with Gasteiger partial charge in [0.05, 0.1) is 24.5 Å². The van der Waals surface area contributed by atoms with Gasteiger partial charge in [-0.25, -0.2) is 0 Å². The highest BCUT2D eigenvalue weighted by Gasteiger charge is 2.71. The molecule has 3 N–H and O–H groups in total. The molecule has 4 heterocycles. The van der Waals surface area contributed by atoms with Crippen molar-refractivity contribution in [2.75, 3.05) is 12.1 Å². The number of carbonyl (C=O) groups is 3. The molecule has 5 atom stereocenters. The third-order valence-electron chi connectivity index (χ3n) is 7.51. The lowest BCUT2D eigenvalue weighted by atomic mass is 9.76. The van der Waals surface area contributed by atoms with E-state index in [9.17, 15) is 19.5 Å². The largest absolute Gasteiger partial charge is 0.454 e. The Hall–Kier alpha value is -3.43. The quantitative estimate of drug-likeness (QED) is 0.585. The molecule has 2 aromatic rings. The summed E-state index contributed by atoms with van der Waals surface area (Å²) in [6.07, 6.45) is -0.186. The SMILES string of the molecule is CCc1ccc2c(c1)[C@]1(N[C@H]([C@@H](C)O)[C@H]3C(=O)N(Cc4ccc5c(c4)OCO5)C(=O)[C@@H]31)C(=O)N2. The fourth-order valence-electron chi connectivity index (χ4n) is 5.85. The summed E-state index contributed by atoms with van der Waals surface area (Å²) in [6.45, 7) is 3.76. The molecule has 9 heteroatoms. The first-order chi connectivity index (χ1) is 16.3. The summed E-state index contributed by atoms with van der Waals surface area (Å²) in [4.78, 5) is 42.1. The molecule has 2 saturated heterocycles. The molecule has 34 heavy (non-hydrogen) atoms. The van der Waals surface area contributed by atoms with Crippen molar-refractivity contribution in [3.8, 4) is 11.5 Å². The minimum Gasteiger partial charge on any atom is -0.454 e. The van der Waals surface area contributed by atoms with Gasteiger partial charge in [-0.1, -0.05) is 25.1 Å². The summed E-state index contributed by atoms with van der Waals surface area (Å²) >= 11 is 0. The van der Waals surface area contributed by atoms with Crippen LogP contribution < -0.4 is 20.1 Å². The van der Waals surface area contributed by atoms with Crippen LogP contribution >= 0.6 is 0 Å². The topological polar surface area (TPSA) is 117 Å². The van der Waals surface area contributed by atoms with E-state index in [4.69, 9.17) is 9.47 Å². The number of carbonyl (C=O) groups excluding carboxylic acids is 3. The molecule has 0 aromatic heterocycles. The lowest BCUT2D eigenvalue weighted by Gasteiger charge is -2.30. The lowest BCUT2D eigenvalue weighted by Crippen LogP contribution is -2.54. The van der Waals surface area contributed by atoms with Crippen LogP contribution in [0.4, 0.5) is 5.69 Å². The number of benzene rings is 2. The van der Waals surface area contributed by atoms with Gasteiger partial charge in [0.15, 0.2) is 11.5 Å². The van der Waals surface area contributed by atoms with Gasteiger partial charge >= 0.3 is 0 Å². The van der Waals surface area contributed by atoms with Gasteiger partial charge in [-0.3, -0.25) is 24.6 Å². The van der Waals surface area contributed by atoms with Crippen LogP contribution in [-0.4, -0.2) is 46.7 Å². The van der Waals surface area contributed by atoms with Crippen LogP contribution in [0, 0.1) is 11.8 Å². The smallest absolute Gasteiger partial charge is 0.250 e. The number of nitrogens with one attached hydrogen (secondary N) is 2. The summed E-state index contributed by atoms with van der Waals surface area (Å²) < 4.78 is 10.8. The number of ether oxygens (including phenoxy) is 2. The van der Waals surface area contributed by atoms with Gasteiger partial charge in [0, 0.05) is 17.3 Å². The number of nitrogens with zero attached hydrogens (tertiary/aromatic N) is 1. The molecular formula is C25H25N3O6. The van der Waals surface area contributed by atoms with Gasteiger partial charge in [0.1, 0.15) is 5.54 Å². The molecule has 2 aromatic carbocycles. The first-order valence-electron chi connectivity index (χ1n) is 11.5. The van der Waals surface area contributed by atoms with Crippen molar-refractivity contribution in [3.05, 3.63) is 53.1 Å². The highest BCUT2D eigenvalue weighted by Crippen LogP contribution is 2.53. The Morgan fingerprint density at radius 3 is 2.62 bits per heavy atom. The van der Waals surface area contributed by atoms with Crippen LogP contribution in [0.3, 0.4) is 0 Å². The summed E-state index contributed by atoms with van der Waals surface area (Å²) in [7, 11) is 0. The maximum absolute atomic E-state index is 13.8. The minimum absolute atomic E-state index is 0.0490. The number of imide groups is 1. The second-order valence-corrected chi connectivity index (χ2v) is 9.36. The van der Waals surface area contributed by atoms with E-state index in [1.165, 1.54) is 4.90 Å². The van der Waals surface area contributed by atoms with Crippen molar-refractivity contribution in [3.63, 3.8) is 0 Å². The molecule has 0 radical (unpaired) electrons. The van der Waals surface area contributed by atoms with E-state index in [1.54, 1.807) is 25.1 Å². The summed E-state index contributed by atoms with van der Waals surface area (Å²) in [6, 6.07) is 10.2. The zero-order valence-electron chi connectivity index (χ0n) is 18.8. The number of aliphatic hydroxyl groups excluding tert-OH is 1. The van der Waals surface area contributed by atoms with Crippen molar-refractivity contribution in [2.45, 2.75) is 44.5 Å². The number of aryl methyl sites for hydroxylation is 1. The predicted octanol–water partition coefficient (Wildman–Crippen LogP) is 1.28. The zero-order valence-corrected chi connectivity index (χ0v) is 18.8. The normalized spacial score (nSPS) is 29.6. The number of amides is 3. The van der Waals surface area contributed by atoms with E-state index in [0.29, 0.717) is 28.3 Å². The van der Waals surface area contributed by atoms with E-state index in [1.807, 2.05) is 25.1 Å². The van der Waals surface area contributed by atoms with Crippen molar-refractivity contribution in [1.82, 2.24) is 10.2 Å². The Bertz CT molecular complexity index is 1240. The molecule has 0 bridgehead atoms. The van der Waals surface area contributed by atoms with Crippen molar-refractivity contribution < 1.29 is 29.0 Å². The van der Waals surface area contributed by atoms with Gasteiger partial charge in [-0.2, -0.15) is 0 Å². The maximum atomic E-state index is 13.8. The highest BCUT2D eigenvalue weighted by atomic mass is 16.7. The third kappa shape index (κ3) is 2.71. The van der Waals surface area contributed by atoms with Crippen molar-refractivity contribution >= 4 is 23.4 Å². The Kier molecular flexibility index (Phi) is 4.53. The number of likely N-dealkylation sites (tertiary alicyclic amines) is 1. The fraction of sp³-hybridized carbons (Fsp3) is 0.400. The molecule has 9 nitrogen and oxygen atoms in total. The molecule has 0 unspecified atom stereocenters. The second-order valence-electron chi connectivity index (χ2n) is 9.36. The molecule has 176 valence electrons. The molecule has 3 amide bonds. The second kappa shape index (κ2) is 7.28. The molecular weight excluding hydrogens is 438 g/mol. The van der Waals surface area contributed by atoms with Crippen LogP contribution in [0.25, 0.3) is 0 Å². The first kappa shape index (κ1) is 21.1. The molecule has 6 rings (SSSR count). The molecule has 0 saturated carbocycles. The van der Waals surface area contributed by atoms with Crippen LogP contribution in [0.2, 0.25) is 0 Å². The average Bonchev–Trinajstić information content (AvgIpc) is 3.55. The van der Waals surface area contributed by atoms with E-state index in [0.717, 1.165) is 12.0 Å². The van der Waals surface area contributed by atoms with Crippen LogP contribution in [0.15, 0.2) is 36.4 Å².